The molecule has 30 heavy (non-hydrogen) atoms. The third-order valence-electron chi connectivity index (χ3n) is 3.70. The highest BCUT2D eigenvalue weighted by Gasteiger charge is 2.31. The lowest BCUT2D eigenvalue weighted by Gasteiger charge is -2.17. The summed E-state index contributed by atoms with van der Waals surface area (Å²) in [4.78, 5) is 27.0. The van der Waals surface area contributed by atoms with Crippen LogP contribution in [-0.4, -0.2) is 34.3 Å². The first-order chi connectivity index (χ1) is 14.0. The van der Waals surface area contributed by atoms with Gasteiger partial charge in [-0.2, -0.15) is 13.2 Å². The molecule has 0 amide bonds. The van der Waals surface area contributed by atoms with Gasteiger partial charge >= 0.3 is 12.1 Å². The van der Waals surface area contributed by atoms with Crippen LogP contribution in [0, 0.1) is 0 Å². The zero-order valence-electron chi connectivity index (χ0n) is 15.7. The van der Waals surface area contributed by atoms with Crippen LogP contribution >= 0.6 is 27.5 Å². The molecule has 2 aromatic rings. The number of ketones is 1. The lowest BCUT2D eigenvalue weighted by molar-refractivity contribution is -0.159. The molecule has 0 saturated carbocycles. The summed E-state index contributed by atoms with van der Waals surface area (Å²) in [5.74, 6) is -0.646. The molecule has 1 aromatic carbocycles. The first-order valence-electron chi connectivity index (χ1n) is 8.47. The Labute approximate surface area is 183 Å². The van der Waals surface area contributed by atoms with E-state index in [1.54, 1.807) is 0 Å². The van der Waals surface area contributed by atoms with Crippen molar-refractivity contribution in [2.45, 2.75) is 32.2 Å². The van der Waals surface area contributed by atoms with Gasteiger partial charge in [0.05, 0.1) is 10.9 Å². The highest BCUT2D eigenvalue weighted by molar-refractivity contribution is 9.09. The number of carbonyl (C=O) groups is 2. The van der Waals surface area contributed by atoms with Gasteiger partial charge in [-0.1, -0.05) is 27.5 Å². The molecule has 1 aromatic heterocycles. The Morgan fingerprint density at radius 1 is 1.13 bits per heavy atom. The maximum absolute atomic E-state index is 12.7. The van der Waals surface area contributed by atoms with E-state index in [4.69, 9.17) is 25.8 Å². The number of nitrogens with zero attached hydrogens (tertiary/aromatic N) is 1. The van der Waals surface area contributed by atoms with Gasteiger partial charge in [-0.25, -0.2) is 9.78 Å². The second kappa shape index (κ2) is 10.1. The third kappa shape index (κ3) is 6.60. The van der Waals surface area contributed by atoms with Gasteiger partial charge in [0.1, 0.15) is 16.5 Å². The Morgan fingerprint density at radius 2 is 1.73 bits per heavy atom. The minimum absolute atomic E-state index is 0.0654. The number of esters is 1. The van der Waals surface area contributed by atoms with E-state index in [0.717, 1.165) is 6.07 Å². The summed E-state index contributed by atoms with van der Waals surface area (Å²) < 4.78 is 53.8. The van der Waals surface area contributed by atoms with Crippen molar-refractivity contribution in [3.05, 3.63) is 47.1 Å². The van der Waals surface area contributed by atoms with Crippen molar-refractivity contribution in [2.75, 3.05) is 5.33 Å². The second-order valence-electron chi connectivity index (χ2n) is 6.02. The summed E-state index contributed by atoms with van der Waals surface area (Å²) in [5.41, 5.74) is -0.989. The van der Waals surface area contributed by atoms with Crippen molar-refractivity contribution in [2.24, 2.45) is 0 Å². The van der Waals surface area contributed by atoms with Crippen LogP contribution in [0.2, 0.25) is 5.02 Å². The third-order valence-corrected chi connectivity index (χ3v) is 4.52. The van der Waals surface area contributed by atoms with Gasteiger partial charge in [-0.3, -0.25) is 4.79 Å². The molecule has 0 spiro atoms. The van der Waals surface area contributed by atoms with Crippen LogP contribution in [0.15, 0.2) is 36.5 Å². The molecular weight excluding hydrogens is 495 g/mol. The normalized spacial score (nSPS) is 13.3. The van der Waals surface area contributed by atoms with Gasteiger partial charge in [-0.15, -0.1) is 0 Å². The number of benzene rings is 1. The molecule has 1 heterocycles. The molecule has 0 aliphatic heterocycles. The second-order valence-corrected chi connectivity index (χ2v) is 6.99. The SMILES string of the molecule is CC(OC(=O)C(C)Oc1ccc(Oc2ncc(C(F)(F)F)cc2Cl)cc1)C(=O)CBr. The van der Waals surface area contributed by atoms with Crippen LogP contribution in [-0.2, 0) is 20.5 Å². The number of alkyl halides is 4. The fourth-order valence-electron chi connectivity index (χ4n) is 2.05. The van der Waals surface area contributed by atoms with Crippen molar-refractivity contribution < 1.29 is 37.0 Å². The first kappa shape index (κ1) is 23.9. The van der Waals surface area contributed by atoms with E-state index in [-0.39, 0.29) is 27.8 Å². The molecule has 162 valence electrons. The Bertz CT molecular complexity index is 908. The summed E-state index contributed by atoms with van der Waals surface area (Å²) in [6.45, 7) is 2.92. The van der Waals surface area contributed by atoms with E-state index in [1.807, 2.05) is 0 Å². The number of rotatable bonds is 8. The van der Waals surface area contributed by atoms with Gasteiger partial charge in [-0.05, 0) is 44.2 Å². The smallest absolute Gasteiger partial charge is 0.417 e. The van der Waals surface area contributed by atoms with Crippen LogP contribution in [0.25, 0.3) is 0 Å². The number of halogens is 5. The Hall–Kier alpha value is -2.33. The summed E-state index contributed by atoms with van der Waals surface area (Å²) >= 11 is 8.80. The van der Waals surface area contributed by atoms with Gasteiger partial charge in [0.15, 0.2) is 18.0 Å². The van der Waals surface area contributed by atoms with Gasteiger partial charge in [0, 0.05) is 6.20 Å². The molecule has 2 rings (SSSR count). The van der Waals surface area contributed by atoms with E-state index in [0.29, 0.717) is 11.9 Å². The number of aromatic nitrogens is 1. The van der Waals surface area contributed by atoms with Crippen LogP contribution in [0.1, 0.15) is 19.4 Å². The molecule has 0 aliphatic rings. The Balaban J connectivity index is 1.98. The molecule has 6 nitrogen and oxygen atoms in total. The van der Waals surface area contributed by atoms with Crippen molar-refractivity contribution in [3.63, 3.8) is 0 Å². The number of carbonyl (C=O) groups excluding carboxylic acids is 2. The first-order valence-corrected chi connectivity index (χ1v) is 9.97. The molecule has 11 heteroatoms. The van der Waals surface area contributed by atoms with Crippen molar-refractivity contribution in [3.8, 4) is 17.4 Å². The quantitative estimate of drug-likeness (QED) is 0.359. The number of Topliss-reactive ketones (excluding diaryl/α,β-unsaturated/α-hetero) is 1. The Kier molecular flexibility index (Phi) is 8.08. The summed E-state index contributed by atoms with van der Waals surface area (Å²) in [5, 5.41) is -0.232. The molecular formula is C19H16BrClF3NO5. The van der Waals surface area contributed by atoms with Crippen molar-refractivity contribution in [1.82, 2.24) is 4.98 Å². The topological polar surface area (TPSA) is 74.7 Å². The van der Waals surface area contributed by atoms with Gasteiger partial charge in [0.25, 0.3) is 0 Å². The van der Waals surface area contributed by atoms with E-state index in [2.05, 4.69) is 20.9 Å². The summed E-state index contributed by atoms with van der Waals surface area (Å²) in [7, 11) is 0. The fraction of sp³-hybridized carbons (Fsp3) is 0.316. The molecule has 2 unspecified atom stereocenters. The number of hydrogen-bond donors (Lipinski definition) is 0. The van der Waals surface area contributed by atoms with Gasteiger partial charge < -0.3 is 14.2 Å². The zero-order valence-corrected chi connectivity index (χ0v) is 18.0. The number of hydrogen-bond acceptors (Lipinski definition) is 6. The van der Waals surface area contributed by atoms with Crippen molar-refractivity contribution in [1.29, 1.82) is 0 Å². The zero-order chi connectivity index (χ0) is 22.5. The average molecular weight is 511 g/mol. The molecule has 2 atom stereocenters. The lowest BCUT2D eigenvalue weighted by atomic mass is 10.3. The minimum atomic E-state index is -4.56. The standard InChI is InChI=1S/C19H16BrClF3NO5/c1-10(16(26)8-20)29-18(27)11(2)28-13-3-5-14(6-4-13)30-17-15(21)7-12(9-25-17)19(22,23)24/h3-7,9-11H,8H2,1-2H3. The van der Waals surface area contributed by atoms with Crippen LogP contribution in [0.5, 0.6) is 17.4 Å². The lowest BCUT2D eigenvalue weighted by Crippen LogP contribution is -2.33. The predicted octanol–water partition coefficient (Wildman–Crippen LogP) is 5.21. The van der Waals surface area contributed by atoms with Crippen molar-refractivity contribution >= 4 is 39.3 Å². The molecule has 0 radical (unpaired) electrons. The molecule has 0 aliphatic carbocycles. The maximum atomic E-state index is 12.7. The number of pyridine rings is 1. The van der Waals surface area contributed by atoms with Gasteiger partial charge in [0.2, 0.25) is 5.88 Å². The fourth-order valence-corrected chi connectivity index (χ4v) is 2.71. The predicted molar refractivity (Wildman–Crippen MR) is 105 cm³/mol. The van der Waals surface area contributed by atoms with Crippen LogP contribution in [0.4, 0.5) is 13.2 Å². The minimum Gasteiger partial charge on any atom is -0.479 e. The molecule has 0 fully saturated rings. The van der Waals surface area contributed by atoms with E-state index in [1.165, 1.54) is 38.1 Å². The largest absolute Gasteiger partial charge is 0.479 e. The Morgan fingerprint density at radius 3 is 2.27 bits per heavy atom. The maximum Gasteiger partial charge on any atom is 0.417 e. The highest BCUT2D eigenvalue weighted by Crippen LogP contribution is 2.34. The summed E-state index contributed by atoms with van der Waals surface area (Å²) in [6.07, 6.45) is -5.83. The molecule has 0 bridgehead atoms. The van der Waals surface area contributed by atoms with E-state index >= 15 is 0 Å². The highest BCUT2D eigenvalue weighted by atomic mass is 79.9. The van der Waals surface area contributed by atoms with E-state index < -0.39 is 29.9 Å². The van der Waals surface area contributed by atoms with Crippen LogP contribution < -0.4 is 9.47 Å². The molecule has 0 N–H and O–H groups in total. The monoisotopic (exact) mass is 509 g/mol. The summed E-state index contributed by atoms with van der Waals surface area (Å²) in [6, 6.07) is 6.59. The molecule has 0 saturated heterocycles. The van der Waals surface area contributed by atoms with E-state index in [9.17, 15) is 22.8 Å². The van der Waals surface area contributed by atoms with Crippen LogP contribution in [0.3, 0.4) is 0 Å². The number of ether oxygens (including phenoxy) is 3. The average Bonchev–Trinajstić information content (AvgIpc) is 2.69.